The summed E-state index contributed by atoms with van der Waals surface area (Å²) in [5, 5.41) is 0. The monoisotopic (exact) mass is 522 g/mol. The molecule has 0 saturated carbocycles. The molecule has 4 aromatic rings. The van der Waals surface area contributed by atoms with Crippen molar-refractivity contribution in [3.05, 3.63) is 76.4 Å². The summed E-state index contributed by atoms with van der Waals surface area (Å²) in [6.45, 7) is 0. The van der Waals surface area contributed by atoms with Crippen molar-refractivity contribution in [3.63, 3.8) is 0 Å². The summed E-state index contributed by atoms with van der Waals surface area (Å²) in [6.07, 6.45) is 0. The minimum atomic E-state index is 0.967. The Kier molecular flexibility index (Phi) is 6.05. The molecule has 0 amide bonds. The van der Waals surface area contributed by atoms with Gasteiger partial charge in [0.15, 0.2) is 0 Å². The highest BCUT2D eigenvalue weighted by molar-refractivity contribution is 14.1. The lowest BCUT2D eigenvalue weighted by molar-refractivity contribution is 0.933. The van der Waals surface area contributed by atoms with Gasteiger partial charge in [0.1, 0.15) is 5.82 Å². The zero-order valence-electron chi connectivity index (χ0n) is 18.6. The van der Waals surface area contributed by atoms with Crippen LogP contribution in [0.25, 0.3) is 33.9 Å². The van der Waals surface area contributed by atoms with Gasteiger partial charge < -0.3 is 14.4 Å². The number of halogens is 1. The minimum Gasteiger partial charge on any atom is -0.378 e. The number of imidazole rings is 1. The van der Waals surface area contributed by atoms with Gasteiger partial charge in [-0.05, 0) is 59.0 Å². The van der Waals surface area contributed by atoms with Gasteiger partial charge >= 0.3 is 0 Å². The van der Waals surface area contributed by atoms with Crippen LogP contribution in [0.15, 0.2) is 72.8 Å². The molecule has 0 aliphatic heterocycles. The van der Waals surface area contributed by atoms with Gasteiger partial charge in [-0.15, -0.1) is 0 Å². The van der Waals surface area contributed by atoms with E-state index in [-0.39, 0.29) is 0 Å². The molecule has 3 aromatic carbocycles. The van der Waals surface area contributed by atoms with E-state index >= 15 is 0 Å². The number of aromatic nitrogens is 2. The smallest absolute Gasteiger partial charge is 0.140 e. The second-order valence-electron chi connectivity index (χ2n) is 8.08. The molecule has 0 spiro atoms. The van der Waals surface area contributed by atoms with Crippen LogP contribution in [0.2, 0.25) is 0 Å². The molecular formula is C26H27IN4. The maximum atomic E-state index is 5.12. The first-order chi connectivity index (χ1) is 14.8. The minimum absolute atomic E-state index is 0.967. The molecule has 158 valence electrons. The summed E-state index contributed by atoms with van der Waals surface area (Å²) in [4.78, 5) is 9.35. The third-order valence-corrected chi connectivity index (χ3v) is 6.23. The van der Waals surface area contributed by atoms with Crippen LogP contribution in [0.5, 0.6) is 0 Å². The number of nitrogens with zero attached hydrogens (tertiary/aromatic N) is 4. The Morgan fingerprint density at radius 2 is 1.10 bits per heavy atom. The summed E-state index contributed by atoms with van der Waals surface area (Å²) in [5.41, 5.74) is 7.87. The van der Waals surface area contributed by atoms with Gasteiger partial charge in [-0.3, -0.25) is 0 Å². The molecular weight excluding hydrogens is 495 g/mol. The second-order valence-corrected chi connectivity index (χ2v) is 9.33. The fourth-order valence-electron chi connectivity index (χ4n) is 3.72. The van der Waals surface area contributed by atoms with Crippen LogP contribution in [-0.2, 0) is 7.05 Å². The van der Waals surface area contributed by atoms with Crippen LogP contribution in [0.1, 0.15) is 0 Å². The van der Waals surface area contributed by atoms with E-state index in [1.54, 1.807) is 0 Å². The van der Waals surface area contributed by atoms with E-state index in [1.807, 2.05) is 0 Å². The molecule has 0 radical (unpaired) electrons. The standard InChI is InChI=1S/C26H27IN4/c1-29(2)22-14-8-18(9-15-22)24-25(19-10-16-23(17-11-19)30(3)4)31(5)26(28-24)20-6-12-21(27)13-7-20/h6-17H,1-5H3. The number of hydrogen-bond acceptors (Lipinski definition) is 3. The van der Waals surface area contributed by atoms with E-state index in [4.69, 9.17) is 4.98 Å². The Morgan fingerprint density at radius 3 is 1.58 bits per heavy atom. The Hall–Kier alpha value is -2.80. The predicted molar refractivity (Wildman–Crippen MR) is 141 cm³/mol. The third-order valence-electron chi connectivity index (χ3n) is 5.51. The number of benzene rings is 3. The molecule has 0 atom stereocenters. The Balaban J connectivity index is 1.89. The van der Waals surface area contributed by atoms with E-state index in [9.17, 15) is 0 Å². The zero-order chi connectivity index (χ0) is 22.1. The normalized spacial score (nSPS) is 10.9. The second kappa shape index (κ2) is 8.75. The molecule has 0 aliphatic carbocycles. The van der Waals surface area contributed by atoms with Crippen molar-refractivity contribution >= 4 is 34.0 Å². The van der Waals surface area contributed by atoms with E-state index < -0.39 is 0 Å². The topological polar surface area (TPSA) is 24.3 Å². The van der Waals surface area contributed by atoms with Gasteiger partial charge in [-0.1, -0.05) is 36.4 Å². The molecule has 0 bridgehead atoms. The molecule has 0 aliphatic rings. The van der Waals surface area contributed by atoms with Gasteiger partial charge in [-0.25, -0.2) is 4.98 Å². The van der Waals surface area contributed by atoms with Crippen molar-refractivity contribution < 1.29 is 0 Å². The van der Waals surface area contributed by atoms with E-state index in [1.165, 1.54) is 14.9 Å². The van der Waals surface area contributed by atoms with Crippen LogP contribution >= 0.6 is 22.6 Å². The van der Waals surface area contributed by atoms with Crippen molar-refractivity contribution in [2.45, 2.75) is 0 Å². The van der Waals surface area contributed by atoms with E-state index in [0.29, 0.717) is 0 Å². The molecule has 0 unspecified atom stereocenters. The lowest BCUT2D eigenvalue weighted by Gasteiger charge is -2.14. The molecule has 5 heteroatoms. The molecule has 0 fully saturated rings. The van der Waals surface area contributed by atoms with Crippen molar-refractivity contribution in [1.29, 1.82) is 0 Å². The fourth-order valence-corrected chi connectivity index (χ4v) is 4.08. The van der Waals surface area contributed by atoms with Crippen LogP contribution in [-0.4, -0.2) is 37.7 Å². The Bertz CT molecular complexity index is 1170. The van der Waals surface area contributed by atoms with E-state index in [2.05, 4.69) is 145 Å². The average Bonchev–Trinajstić information content (AvgIpc) is 3.11. The van der Waals surface area contributed by atoms with Crippen molar-refractivity contribution in [3.8, 4) is 33.9 Å². The first kappa shape index (κ1) is 21.4. The highest BCUT2D eigenvalue weighted by Crippen LogP contribution is 2.36. The SMILES string of the molecule is CN(C)c1ccc(-c2nc(-c3ccc(I)cc3)n(C)c2-c2ccc(N(C)C)cc2)cc1. The lowest BCUT2D eigenvalue weighted by Crippen LogP contribution is -2.08. The van der Waals surface area contributed by atoms with Crippen LogP contribution < -0.4 is 9.80 Å². The van der Waals surface area contributed by atoms with Crippen LogP contribution in [0, 0.1) is 3.57 Å². The molecule has 0 saturated heterocycles. The summed E-state index contributed by atoms with van der Waals surface area (Å²) in [6, 6.07) is 25.8. The summed E-state index contributed by atoms with van der Waals surface area (Å²) in [7, 11) is 10.3. The first-order valence-electron chi connectivity index (χ1n) is 10.2. The van der Waals surface area contributed by atoms with Gasteiger partial charge in [0.05, 0.1) is 11.4 Å². The largest absolute Gasteiger partial charge is 0.378 e. The molecule has 4 nitrogen and oxygen atoms in total. The fraction of sp³-hybridized carbons (Fsp3) is 0.192. The summed E-state index contributed by atoms with van der Waals surface area (Å²) >= 11 is 2.34. The first-order valence-corrected chi connectivity index (χ1v) is 11.3. The summed E-state index contributed by atoms with van der Waals surface area (Å²) in [5.74, 6) is 0.967. The highest BCUT2D eigenvalue weighted by atomic mass is 127. The van der Waals surface area contributed by atoms with Crippen molar-refractivity contribution in [1.82, 2.24) is 9.55 Å². The third kappa shape index (κ3) is 4.32. The zero-order valence-corrected chi connectivity index (χ0v) is 20.8. The summed E-state index contributed by atoms with van der Waals surface area (Å²) < 4.78 is 3.43. The van der Waals surface area contributed by atoms with E-state index in [0.717, 1.165) is 33.9 Å². The number of anilines is 2. The molecule has 4 rings (SSSR count). The van der Waals surface area contributed by atoms with Crippen LogP contribution in [0.4, 0.5) is 11.4 Å². The molecule has 1 heterocycles. The van der Waals surface area contributed by atoms with Crippen molar-refractivity contribution in [2.24, 2.45) is 7.05 Å². The molecule has 31 heavy (non-hydrogen) atoms. The predicted octanol–water partition coefficient (Wildman–Crippen LogP) is 6.16. The quantitative estimate of drug-likeness (QED) is 0.294. The number of rotatable bonds is 5. The molecule has 1 aromatic heterocycles. The van der Waals surface area contributed by atoms with Gasteiger partial charge in [0.25, 0.3) is 0 Å². The Labute approximate surface area is 198 Å². The highest BCUT2D eigenvalue weighted by Gasteiger charge is 2.19. The lowest BCUT2D eigenvalue weighted by atomic mass is 10.0. The average molecular weight is 522 g/mol. The Morgan fingerprint density at radius 1 is 0.645 bits per heavy atom. The van der Waals surface area contributed by atoms with Crippen molar-refractivity contribution in [2.75, 3.05) is 38.0 Å². The van der Waals surface area contributed by atoms with Gasteiger partial charge in [0, 0.05) is 66.9 Å². The maximum absolute atomic E-state index is 5.12. The van der Waals surface area contributed by atoms with Crippen LogP contribution in [0.3, 0.4) is 0 Å². The van der Waals surface area contributed by atoms with Gasteiger partial charge in [0.2, 0.25) is 0 Å². The number of hydrogen-bond donors (Lipinski definition) is 0. The molecule has 0 N–H and O–H groups in total. The maximum Gasteiger partial charge on any atom is 0.140 e. The van der Waals surface area contributed by atoms with Gasteiger partial charge in [-0.2, -0.15) is 0 Å².